The van der Waals surface area contributed by atoms with Crippen LogP contribution in [0.3, 0.4) is 0 Å². The average Bonchev–Trinajstić information content (AvgIpc) is 2.83. The number of halogens is 1. The summed E-state index contributed by atoms with van der Waals surface area (Å²) in [6.07, 6.45) is 2.73. The maximum Gasteiger partial charge on any atom is 0.251 e. The standard InChI is InChI=1S/C25H31FN2O4.C2H6/c1-4-17-6-5-7-18(12-17)15(2)32-23-14-19(13-22(26)24(23)27-16(3)29)25(31)28-20-8-10-21(30)11-9-20;1-2/h5-7,12-15,20-21,30H,4,8-11H2,1-3H3,(H,27,29)(H,28,31);1-2H3. The Balaban J connectivity index is 0.00000199. The lowest BCUT2D eigenvalue weighted by atomic mass is 9.93. The highest BCUT2D eigenvalue weighted by Crippen LogP contribution is 2.33. The van der Waals surface area contributed by atoms with Crippen molar-refractivity contribution >= 4 is 17.5 Å². The van der Waals surface area contributed by atoms with Gasteiger partial charge < -0.3 is 20.5 Å². The molecule has 1 unspecified atom stereocenters. The molecule has 2 aromatic carbocycles. The zero-order valence-electron chi connectivity index (χ0n) is 20.8. The van der Waals surface area contributed by atoms with E-state index in [-0.39, 0.29) is 29.1 Å². The number of amides is 2. The minimum Gasteiger partial charge on any atom is -0.484 e. The molecule has 0 aliphatic heterocycles. The van der Waals surface area contributed by atoms with E-state index in [1.54, 1.807) is 0 Å². The van der Waals surface area contributed by atoms with Gasteiger partial charge in [-0.15, -0.1) is 0 Å². The molecule has 2 aromatic rings. The monoisotopic (exact) mass is 472 g/mol. The quantitative estimate of drug-likeness (QED) is 0.493. The van der Waals surface area contributed by atoms with Crippen LogP contribution < -0.4 is 15.4 Å². The van der Waals surface area contributed by atoms with Crippen molar-refractivity contribution < 1.29 is 23.8 Å². The van der Waals surface area contributed by atoms with E-state index in [4.69, 9.17) is 4.74 Å². The van der Waals surface area contributed by atoms with Crippen LogP contribution in [0.25, 0.3) is 0 Å². The Morgan fingerprint density at radius 1 is 1.15 bits per heavy atom. The highest BCUT2D eigenvalue weighted by Gasteiger charge is 2.24. The first kappa shape index (κ1) is 27.3. The summed E-state index contributed by atoms with van der Waals surface area (Å²) >= 11 is 0. The van der Waals surface area contributed by atoms with Crippen LogP contribution in [0.2, 0.25) is 0 Å². The number of benzene rings is 2. The van der Waals surface area contributed by atoms with E-state index in [2.05, 4.69) is 17.6 Å². The van der Waals surface area contributed by atoms with Crippen LogP contribution in [0.4, 0.5) is 10.1 Å². The van der Waals surface area contributed by atoms with Crippen molar-refractivity contribution in [3.63, 3.8) is 0 Å². The Bertz CT molecular complexity index is 971. The van der Waals surface area contributed by atoms with Gasteiger partial charge in [-0.05, 0) is 62.3 Å². The van der Waals surface area contributed by atoms with Crippen molar-refractivity contribution in [2.24, 2.45) is 0 Å². The summed E-state index contributed by atoms with van der Waals surface area (Å²) < 4.78 is 21.0. The summed E-state index contributed by atoms with van der Waals surface area (Å²) in [5.74, 6) is -1.49. The van der Waals surface area contributed by atoms with Gasteiger partial charge in [-0.2, -0.15) is 0 Å². The second-order valence-electron chi connectivity index (χ2n) is 8.35. The molecule has 34 heavy (non-hydrogen) atoms. The summed E-state index contributed by atoms with van der Waals surface area (Å²) in [4.78, 5) is 24.4. The molecule has 0 bridgehead atoms. The van der Waals surface area contributed by atoms with Crippen molar-refractivity contribution in [2.45, 2.75) is 85.0 Å². The number of carbonyl (C=O) groups is 2. The van der Waals surface area contributed by atoms with Crippen LogP contribution in [0.5, 0.6) is 5.75 Å². The lowest BCUT2D eigenvalue weighted by molar-refractivity contribution is -0.114. The Labute approximate surface area is 201 Å². The molecule has 0 spiro atoms. The van der Waals surface area contributed by atoms with Crippen molar-refractivity contribution in [3.8, 4) is 5.75 Å². The van der Waals surface area contributed by atoms with Gasteiger partial charge in [0.15, 0.2) is 5.82 Å². The second kappa shape index (κ2) is 13.1. The van der Waals surface area contributed by atoms with E-state index in [1.165, 1.54) is 13.0 Å². The molecule has 0 radical (unpaired) electrons. The third-order valence-corrected chi connectivity index (χ3v) is 5.78. The Morgan fingerprint density at radius 3 is 2.44 bits per heavy atom. The van der Waals surface area contributed by atoms with Gasteiger partial charge in [0.05, 0.1) is 6.10 Å². The molecule has 3 rings (SSSR count). The molecule has 0 saturated heterocycles. The number of nitrogens with one attached hydrogen (secondary N) is 2. The first-order chi connectivity index (χ1) is 16.3. The Hall–Kier alpha value is -2.93. The smallest absolute Gasteiger partial charge is 0.251 e. The van der Waals surface area contributed by atoms with Crippen LogP contribution in [0, 0.1) is 5.82 Å². The van der Waals surface area contributed by atoms with Gasteiger partial charge in [0, 0.05) is 18.5 Å². The van der Waals surface area contributed by atoms with Crippen LogP contribution >= 0.6 is 0 Å². The molecule has 1 atom stereocenters. The summed E-state index contributed by atoms with van der Waals surface area (Å²) in [7, 11) is 0. The average molecular weight is 473 g/mol. The fraction of sp³-hybridized carbons (Fsp3) is 0.481. The number of carbonyl (C=O) groups excluding carboxylic acids is 2. The number of hydrogen-bond donors (Lipinski definition) is 3. The van der Waals surface area contributed by atoms with E-state index in [9.17, 15) is 19.1 Å². The number of ether oxygens (including phenoxy) is 1. The molecule has 1 fully saturated rings. The number of rotatable bonds is 7. The van der Waals surface area contributed by atoms with Gasteiger partial charge in [-0.3, -0.25) is 9.59 Å². The van der Waals surface area contributed by atoms with E-state index in [0.29, 0.717) is 25.7 Å². The molecule has 1 saturated carbocycles. The van der Waals surface area contributed by atoms with Crippen molar-refractivity contribution in [2.75, 3.05) is 5.32 Å². The molecule has 0 aromatic heterocycles. The topological polar surface area (TPSA) is 87.7 Å². The first-order valence-corrected chi connectivity index (χ1v) is 12.1. The third-order valence-electron chi connectivity index (χ3n) is 5.78. The number of aryl methyl sites for hydroxylation is 1. The summed E-state index contributed by atoms with van der Waals surface area (Å²) in [6, 6.07) is 10.4. The lowest BCUT2D eigenvalue weighted by Crippen LogP contribution is -2.38. The fourth-order valence-corrected chi connectivity index (χ4v) is 3.92. The lowest BCUT2D eigenvalue weighted by Gasteiger charge is -2.26. The van der Waals surface area contributed by atoms with Gasteiger partial charge in [0.1, 0.15) is 17.5 Å². The molecule has 6 nitrogen and oxygen atoms in total. The van der Waals surface area contributed by atoms with Crippen LogP contribution in [-0.2, 0) is 11.2 Å². The number of aliphatic hydroxyl groups excluding tert-OH is 1. The highest BCUT2D eigenvalue weighted by molar-refractivity contribution is 5.97. The molecule has 3 N–H and O–H groups in total. The van der Waals surface area contributed by atoms with Crippen LogP contribution in [-0.4, -0.2) is 29.1 Å². The maximum absolute atomic E-state index is 14.9. The molecular formula is C27H37FN2O4. The summed E-state index contributed by atoms with van der Waals surface area (Å²) in [5, 5.41) is 15.0. The highest BCUT2D eigenvalue weighted by atomic mass is 19.1. The van der Waals surface area contributed by atoms with Crippen molar-refractivity contribution in [3.05, 3.63) is 58.9 Å². The molecule has 0 heterocycles. The summed E-state index contributed by atoms with van der Waals surface area (Å²) in [6.45, 7) is 9.18. The molecule has 7 heteroatoms. The van der Waals surface area contributed by atoms with Gasteiger partial charge in [-0.25, -0.2) is 4.39 Å². The fourth-order valence-electron chi connectivity index (χ4n) is 3.92. The zero-order valence-corrected chi connectivity index (χ0v) is 20.8. The molecular weight excluding hydrogens is 435 g/mol. The minimum absolute atomic E-state index is 0.0657. The number of aliphatic hydroxyl groups is 1. The van der Waals surface area contributed by atoms with E-state index in [0.717, 1.165) is 23.6 Å². The molecule has 2 amide bonds. The van der Waals surface area contributed by atoms with E-state index >= 15 is 0 Å². The normalized spacial score (nSPS) is 18.2. The largest absolute Gasteiger partial charge is 0.484 e. The van der Waals surface area contributed by atoms with Gasteiger partial charge >= 0.3 is 0 Å². The van der Waals surface area contributed by atoms with E-state index in [1.807, 2.05) is 45.0 Å². The van der Waals surface area contributed by atoms with Gasteiger partial charge in [0.2, 0.25) is 5.91 Å². The maximum atomic E-state index is 14.9. The third kappa shape index (κ3) is 7.55. The Kier molecular flexibility index (Phi) is 10.5. The molecule has 1 aliphatic rings. The van der Waals surface area contributed by atoms with Crippen molar-refractivity contribution in [1.82, 2.24) is 5.32 Å². The van der Waals surface area contributed by atoms with E-state index < -0.39 is 23.7 Å². The van der Waals surface area contributed by atoms with Gasteiger partial charge in [-0.1, -0.05) is 45.0 Å². The van der Waals surface area contributed by atoms with Crippen molar-refractivity contribution in [1.29, 1.82) is 0 Å². The van der Waals surface area contributed by atoms with Gasteiger partial charge in [0.25, 0.3) is 5.91 Å². The van der Waals surface area contributed by atoms with Crippen LogP contribution in [0.1, 0.15) is 87.9 Å². The zero-order chi connectivity index (χ0) is 25.3. The predicted octanol–water partition coefficient (Wildman–Crippen LogP) is 5.55. The molecule has 1 aliphatic carbocycles. The second-order valence-corrected chi connectivity index (χ2v) is 8.35. The predicted molar refractivity (Wildman–Crippen MR) is 133 cm³/mol. The minimum atomic E-state index is -0.739. The molecule has 186 valence electrons. The van der Waals surface area contributed by atoms with Crippen LogP contribution in [0.15, 0.2) is 36.4 Å². The SMILES string of the molecule is CC.CCc1cccc(C(C)Oc2cc(C(=O)NC3CCC(O)CC3)cc(F)c2NC(C)=O)c1. The number of anilines is 1. The Morgan fingerprint density at radius 2 is 1.82 bits per heavy atom. The number of hydrogen-bond acceptors (Lipinski definition) is 4. The summed E-state index contributed by atoms with van der Waals surface area (Å²) in [5.41, 5.74) is 2.09. The first-order valence-electron chi connectivity index (χ1n) is 12.1.